The van der Waals surface area contributed by atoms with E-state index in [9.17, 15) is 0 Å². The van der Waals surface area contributed by atoms with Crippen LogP contribution in [0.1, 0.15) is 66.2 Å². The van der Waals surface area contributed by atoms with Crippen molar-refractivity contribution in [2.45, 2.75) is 88.8 Å². The highest BCUT2D eigenvalue weighted by Crippen LogP contribution is 2.38. The number of ether oxygens (including phenoxy) is 1. The topological polar surface area (TPSA) is 27.7 Å². The molecule has 0 aromatic heterocycles. The number of alkyl halides is 1. The second-order valence-corrected chi connectivity index (χ2v) is 7.62. The number of hydrogen-bond donors (Lipinski definition) is 0. The maximum Gasteiger partial charge on any atom is 0.477 e. The fourth-order valence-corrected chi connectivity index (χ4v) is 2.94. The third-order valence-electron chi connectivity index (χ3n) is 4.87. The van der Waals surface area contributed by atoms with Crippen molar-refractivity contribution in [1.29, 1.82) is 0 Å². The molecular weight excluding hydrogens is 274 g/mol. The van der Waals surface area contributed by atoms with Crippen molar-refractivity contribution in [2.75, 3.05) is 6.61 Å². The first-order valence-corrected chi connectivity index (χ1v) is 8.37. The Labute approximate surface area is 128 Å². The molecule has 1 aliphatic carbocycles. The zero-order chi connectivity index (χ0) is 14.8. The molecule has 116 valence electrons. The summed E-state index contributed by atoms with van der Waals surface area (Å²) in [7, 11) is -0.336. The van der Waals surface area contributed by atoms with Gasteiger partial charge in [-0.2, -0.15) is 0 Å². The molecule has 0 aromatic carbocycles. The molecule has 1 heterocycles. The Balaban J connectivity index is 1.71. The quantitative estimate of drug-likeness (QED) is 0.568. The predicted molar refractivity (Wildman–Crippen MR) is 83.2 cm³/mol. The van der Waals surface area contributed by atoms with E-state index in [-0.39, 0.29) is 23.6 Å². The number of rotatable bonds is 5. The first-order chi connectivity index (χ1) is 9.32. The second kappa shape index (κ2) is 6.56. The minimum Gasteiger partial charge on any atom is -0.402 e. The average Bonchev–Trinajstić information content (AvgIpc) is 2.60. The molecule has 1 unspecified atom stereocenters. The lowest BCUT2D eigenvalue weighted by atomic mass is 9.82. The normalized spacial score (nSPS) is 27.8. The Hall–Kier alpha value is 0.235. The second-order valence-electron chi connectivity index (χ2n) is 7.06. The van der Waals surface area contributed by atoms with Gasteiger partial charge in [-0.15, -0.1) is 11.6 Å². The zero-order valence-corrected chi connectivity index (χ0v) is 14.0. The van der Waals surface area contributed by atoms with Crippen molar-refractivity contribution in [3.63, 3.8) is 0 Å². The SMILES string of the molecule is CC1(C)OB(C(Cl)CCOC2CCCCC2)OC1(C)C. The maximum absolute atomic E-state index is 6.43. The molecule has 3 nitrogen and oxygen atoms in total. The highest BCUT2D eigenvalue weighted by Gasteiger charge is 2.53. The Morgan fingerprint density at radius 2 is 1.65 bits per heavy atom. The summed E-state index contributed by atoms with van der Waals surface area (Å²) in [4.78, 5) is 0. The summed E-state index contributed by atoms with van der Waals surface area (Å²) in [6.45, 7) is 8.90. The van der Waals surface area contributed by atoms with E-state index < -0.39 is 0 Å². The first kappa shape index (κ1) is 16.6. The monoisotopic (exact) mass is 302 g/mol. The van der Waals surface area contributed by atoms with Crippen molar-refractivity contribution >= 4 is 18.7 Å². The molecule has 0 aromatic rings. The lowest BCUT2D eigenvalue weighted by Gasteiger charge is -2.32. The molecule has 20 heavy (non-hydrogen) atoms. The van der Waals surface area contributed by atoms with Gasteiger partial charge in [-0.25, -0.2) is 0 Å². The van der Waals surface area contributed by atoms with Gasteiger partial charge < -0.3 is 14.0 Å². The molecule has 2 aliphatic rings. The summed E-state index contributed by atoms with van der Waals surface area (Å²) in [5.41, 5.74) is -0.621. The number of halogens is 1. The third-order valence-corrected chi connectivity index (χ3v) is 5.29. The fraction of sp³-hybridized carbons (Fsp3) is 1.00. The first-order valence-electron chi connectivity index (χ1n) is 7.93. The van der Waals surface area contributed by atoms with Crippen molar-refractivity contribution in [3.05, 3.63) is 0 Å². The van der Waals surface area contributed by atoms with E-state index in [1.807, 2.05) is 0 Å². The minimum absolute atomic E-state index is 0.153. The fourth-order valence-electron chi connectivity index (χ4n) is 2.75. The van der Waals surface area contributed by atoms with Gasteiger partial charge in [-0.1, -0.05) is 19.3 Å². The minimum atomic E-state index is -0.336. The average molecular weight is 303 g/mol. The van der Waals surface area contributed by atoms with Crippen LogP contribution in [0.15, 0.2) is 0 Å². The number of hydrogen-bond acceptors (Lipinski definition) is 3. The van der Waals surface area contributed by atoms with Crippen LogP contribution in [0.3, 0.4) is 0 Å². The lowest BCUT2D eigenvalue weighted by molar-refractivity contribution is 0.00578. The molecule has 1 aliphatic heterocycles. The van der Waals surface area contributed by atoms with Crippen LogP contribution in [-0.4, -0.2) is 36.3 Å². The lowest BCUT2D eigenvalue weighted by Crippen LogP contribution is -2.41. The molecule has 1 saturated carbocycles. The predicted octanol–water partition coefficient (Wildman–Crippen LogP) is 3.96. The summed E-state index contributed by atoms with van der Waals surface area (Å²) in [5.74, 6) is 0. The molecule has 1 saturated heterocycles. The molecule has 5 heteroatoms. The molecule has 0 bridgehead atoms. The van der Waals surface area contributed by atoms with Crippen LogP contribution in [0.2, 0.25) is 0 Å². The van der Waals surface area contributed by atoms with Crippen LogP contribution in [0, 0.1) is 0 Å². The van der Waals surface area contributed by atoms with Crippen molar-refractivity contribution in [2.24, 2.45) is 0 Å². The van der Waals surface area contributed by atoms with Crippen LogP contribution >= 0.6 is 11.6 Å². The standard InChI is InChI=1S/C15H28BClO3/c1-14(2)15(3,4)20-16(19-14)13(17)10-11-18-12-8-6-5-7-9-12/h12-13H,5-11H2,1-4H3. The van der Waals surface area contributed by atoms with Crippen molar-refractivity contribution < 1.29 is 14.0 Å². The Kier molecular flexibility index (Phi) is 5.44. The van der Waals surface area contributed by atoms with E-state index in [4.69, 9.17) is 25.6 Å². The van der Waals surface area contributed by atoms with Gasteiger partial charge >= 0.3 is 7.12 Å². The molecule has 0 radical (unpaired) electrons. The Bertz CT molecular complexity index is 300. The van der Waals surface area contributed by atoms with Crippen molar-refractivity contribution in [1.82, 2.24) is 0 Å². The Morgan fingerprint density at radius 3 is 2.20 bits per heavy atom. The van der Waals surface area contributed by atoms with E-state index >= 15 is 0 Å². The molecule has 2 rings (SSSR count). The van der Waals surface area contributed by atoms with Crippen LogP contribution in [0.5, 0.6) is 0 Å². The van der Waals surface area contributed by atoms with Crippen LogP contribution in [0.25, 0.3) is 0 Å². The van der Waals surface area contributed by atoms with Crippen LogP contribution < -0.4 is 0 Å². The van der Waals surface area contributed by atoms with Gasteiger partial charge in [0, 0.05) is 6.61 Å². The summed E-state index contributed by atoms with van der Waals surface area (Å²) >= 11 is 6.43. The smallest absolute Gasteiger partial charge is 0.402 e. The molecular formula is C15H28BClO3. The third kappa shape index (κ3) is 3.91. The van der Waals surface area contributed by atoms with E-state index in [0.29, 0.717) is 12.7 Å². The van der Waals surface area contributed by atoms with Gasteiger partial charge in [0.15, 0.2) is 0 Å². The van der Waals surface area contributed by atoms with Crippen LogP contribution in [0.4, 0.5) is 0 Å². The highest BCUT2D eigenvalue weighted by molar-refractivity contribution is 6.59. The molecule has 0 N–H and O–H groups in total. The van der Waals surface area contributed by atoms with Gasteiger partial charge in [-0.3, -0.25) is 0 Å². The molecule has 1 atom stereocenters. The van der Waals surface area contributed by atoms with Crippen molar-refractivity contribution in [3.8, 4) is 0 Å². The summed E-state index contributed by atoms with van der Waals surface area (Å²) < 4.78 is 17.8. The largest absolute Gasteiger partial charge is 0.477 e. The van der Waals surface area contributed by atoms with Gasteiger partial charge in [0.05, 0.1) is 22.6 Å². The van der Waals surface area contributed by atoms with Gasteiger partial charge in [-0.05, 0) is 47.0 Å². The van der Waals surface area contributed by atoms with Crippen LogP contribution in [-0.2, 0) is 14.0 Å². The Morgan fingerprint density at radius 1 is 1.10 bits per heavy atom. The molecule has 0 amide bonds. The molecule has 0 spiro atoms. The van der Waals surface area contributed by atoms with Gasteiger partial charge in [0.1, 0.15) is 0 Å². The summed E-state index contributed by atoms with van der Waals surface area (Å²) in [6.07, 6.45) is 7.55. The van der Waals surface area contributed by atoms with E-state index in [0.717, 1.165) is 6.42 Å². The maximum atomic E-state index is 6.43. The summed E-state index contributed by atoms with van der Waals surface area (Å²) in [5, 5.41) is -0.153. The van der Waals surface area contributed by atoms with Gasteiger partial charge in [0.2, 0.25) is 0 Å². The van der Waals surface area contributed by atoms with E-state index in [1.165, 1.54) is 32.1 Å². The zero-order valence-electron chi connectivity index (χ0n) is 13.3. The van der Waals surface area contributed by atoms with Gasteiger partial charge in [0.25, 0.3) is 0 Å². The molecule has 2 fully saturated rings. The highest BCUT2D eigenvalue weighted by atomic mass is 35.5. The summed E-state index contributed by atoms with van der Waals surface area (Å²) in [6, 6.07) is 0. The van der Waals surface area contributed by atoms with E-state index in [2.05, 4.69) is 27.7 Å². The van der Waals surface area contributed by atoms with E-state index in [1.54, 1.807) is 0 Å².